The second-order valence-electron chi connectivity index (χ2n) is 3.23. The van der Waals surface area contributed by atoms with Gasteiger partial charge in [-0.25, -0.2) is 0 Å². The summed E-state index contributed by atoms with van der Waals surface area (Å²) in [6.45, 7) is 2.32. The molecule has 3 N–H and O–H groups in total. The maximum atomic E-state index is 5.34. The smallest absolute Gasteiger partial charge is 0.118 e. The third kappa shape index (κ3) is 3.86. The van der Waals surface area contributed by atoms with Gasteiger partial charge in [-0.05, 0) is 36.8 Å². The molecule has 0 aromatic heterocycles. The van der Waals surface area contributed by atoms with Crippen LogP contribution in [0.4, 0.5) is 0 Å². The Labute approximate surface area is 100 Å². The van der Waals surface area contributed by atoms with E-state index in [2.05, 4.69) is 10.5 Å². The molecule has 0 aliphatic heterocycles. The molecule has 1 rings (SSSR count). The fourth-order valence-corrected chi connectivity index (χ4v) is 1.20. The molecule has 0 heterocycles. The molecule has 0 saturated heterocycles. The van der Waals surface area contributed by atoms with Gasteiger partial charge in [0.05, 0.1) is 24.4 Å². The van der Waals surface area contributed by atoms with Crippen molar-refractivity contribution in [1.82, 2.24) is 5.43 Å². The zero-order valence-electron chi connectivity index (χ0n) is 9.36. The van der Waals surface area contributed by atoms with Crippen molar-refractivity contribution in [2.24, 2.45) is 10.8 Å². The summed E-state index contributed by atoms with van der Waals surface area (Å²) >= 11 is 4.73. The lowest BCUT2D eigenvalue weighted by Gasteiger charge is -2.04. The minimum Gasteiger partial charge on any atom is -0.497 e. The van der Waals surface area contributed by atoms with E-state index in [4.69, 9.17) is 22.7 Å². The maximum absolute atomic E-state index is 5.34. The molecule has 0 spiro atoms. The van der Waals surface area contributed by atoms with Crippen molar-refractivity contribution in [2.75, 3.05) is 13.7 Å². The summed E-state index contributed by atoms with van der Waals surface area (Å²) in [5, 5.41) is 4.15. The summed E-state index contributed by atoms with van der Waals surface area (Å²) in [6.07, 6.45) is 0. The number of ether oxygens (including phenoxy) is 1. The molecule has 1 aromatic carbocycles. The molecule has 0 aliphatic rings. The second kappa shape index (κ2) is 6.07. The number of hydrogen-bond acceptors (Lipinski definition) is 4. The van der Waals surface area contributed by atoms with E-state index < -0.39 is 0 Å². The van der Waals surface area contributed by atoms with Crippen LogP contribution in [-0.4, -0.2) is 24.4 Å². The van der Waals surface area contributed by atoms with E-state index >= 15 is 0 Å². The molecule has 0 amide bonds. The van der Waals surface area contributed by atoms with Gasteiger partial charge in [0.25, 0.3) is 0 Å². The molecule has 0 fully saturated rings. The van der Waals surface area contributed by atoms with Gasteiger partial charge in [0, 0.05) is 0 Å². The van der Waals surface area contributed by atoms with Crippen LogP contribution in [0.25, 0.3) is 0 Å². The topological polar surface area (TPSA) is 59.6 Å². The highest BCUT2D eigenvalue weighted by molar-refractivity contribution is 7.80. The van der Waals surface area contributed by atoms with Gasteiger partial charge in [0.1, 0.15) is 5.75 Å². The zero-order chi connectivity index (χ0) is 12.0. The fraction of sp³-hybridized carbons (Fsp3) is 0.273. The van der Waals surface area contributed by atoms with Crippen LogP contribution in [-0.2, 0) is 0 Å². The summed E-state index contributed by atoms with van der Waals surface area (Å²) in [5.74, 6) is 0.827. The Morgan fingerprint density at radius 1 is 1.44 bits per heavy atom. The predicted molar refractivity (Wildman–Crippen MR) is 70.0 cm³/mol. The number of thiocarbonyl (C=S) groups is 1. The monoisotopic (exact) mass is 237 g/mol. The van der Waals surface area contributed by atoms with Crippen LogP contribution in [0, 0.1) is 0 Å². The Morgan fingerprint density at radius 2 is 2.06 bits per heavy atom. The van der Waals surface area contributed by atoms with Crippen LogP contribution in [0.3, 0.4) is 0 Å². The van der Waals surface area contributed by atoms with Crippen LogP contribution in [0.15, 0.2) is 29.4 Å². The van der Waals surface area contributed by atoms with Crippen LogP contribution < -0.4 is 15.9 Å². The summed E-state index contributed by atoms with van der Waals surface area (Å²) in [6, 6.07) is 7.67. The lowest BCUT2D eigenvalue weighted by Crippen LogP contribution is -2.24. The molecule has 0 saturated carbocycles. The number of nitrogens with one attached hydrogen (secondary N) is 1. The minimum absolute atomic E-state index is 0.395. The molecule has 86 valence electrons. The number of benzene rings is 1. The first-order chi connectivity index (χ1) is 7.63. The van der Waals surface area contributed by atoms with Crippen LogP contribution in [0.5, 0.6) is 5.75 Å². The van der Waals surface area contributed by atoms with Crippen molar-refractivity contribution >= 4 is 22.9 Å². The molecule has 1 aromatic rings. The third-order valence-corrected chi connectivity index (χ3v) is 2.15. The first-order valence-electron chi connectivity index (χ1n) is 4.83. The highest BCUT2D eigenvalue weighted by atomic mass is 32.1. The van der Waals surface area contributed by atoms with Crippen molar-refractivity contribution < 1.29 is 4.74 Å². The van der Waals surface area contributed by atoms with Crippen molar-refractivity contribution in [1.29, 1.82) is 0 Å². The summed E-state index contributed by atoms with van der Waals surface area (Å²) in [7, 11) is 1.64. The normalized spacial score (nSPS) is 11.0. The molecule has 0 atom stereocenters. The van der Waals surface area contributed by atoms with Crippen molar-refractivity contribution in [2.45, 2.75) is 6.92 Å². The van der Waals surface area contributed by atoms with Gasteiger partial charge in [-0.2, -0.15) is 5.10 Å². The van der Waals surface area contributed by atoms with Gasteiger partial charge in [0.2, 0.25) is 0 Å². The molecule has 0 radical (unpaired) electrons. The van der Waals surface area contributed by atoms with Crippen LogP contribution >= 0.6 is 12.2 Å². The van der Waals surface area contributed by atoms with E-state index in [1.54, 1.807) is 7.11 Å². The standard InChI is InChI=1S/C11H15N3OS/c1-8(14-13-7-11(12)16)9-3-5-10(15-2)6-4-9/h3-6,13H,7H2,1-2H3,(H2,12,16)/b14-8+. The number of hydrazone groups is 1. The van der Waals surface area contributed by atoms with E-state index in [0.29, 0.717) is 11.5 Å². The molecule has 4 nitrogen and oxygen atoms in total. The lowest BCUT2D eigenvalue weighted by atomic mass is 10.1. The Kier molecular flexibility index (Phi) is 4.72. The van der Waals surface area contributed by atoms with E-state index in [1.807, 2.05) is 31.2 Å². The zero-order valence-corrected chi connectivity index (χ0v) is 10.2. The summed E-state index contributed by atoms with van der Waals surface area (Å²) in [4.78, 5) is 0.395. The Bertz CT molecular complexity index is 387. The largest absolute Gasteiger partial charge is 0.497 e. The summed E-state index contributed by atoms with van der Waals surface area (Å²) in [5.41, 5.74) is 10.0. The molecule has 5 heteroatoms. The highest BCUT2D eigenvalue weighted by Crippen LogP contribution is 2.11. The van der Waals surface area contributed by atoms with Gasteiger partial charge >= 0.3 is 0 Å². The average molecular weight is 237 g/mol. The number of hydrogen-bond donors (Lipinski definition) is 2. The Morgan fingerprint density at radius 3 is 2.56 bits per heavy atom. The van der Waals surface area contributed by atoms with E-state index in [9.17, 15) is 0 Å². The van der Waals surface area contributed by atoms with Crippen molar-refractivity contribution in [3.8, 4) is 5.75 Å². The highest BCUT2D eigenvalue weighted by Gasteiger charge is 1.97. The van der Waals surface area contributed by atoms with Crippen LogP contribution in [0.1, 0.15) is 12.5 Å². The first kappa shape index (κ1) is 12.4. The van der Waals surface area contributed by atoms with Crippen LogP contribution in [0.2, 0.25) is 0 Å². The number of rotatable bonds is 5. The maximum Gasteiger partial charge on any atom is 0.118 e. The molecule has 0 unspecified atom stereocenters. The number of methoxy groups -OCH3 is 1. The number of nitrogens with zero attached hydrogens (tertiary/aromatic N) is 1. The van der Waals surface area contributed by atoms with Crippen molar-refractivity contribution in [3.05, 3.63) is 29.8 Å². The molecule has 0 bridgehead atoms. The predicted octanol–water partition coefficient (Wildman–Crippen LogP) is 1.29. The van der Waals surface area contributed by atoms with Gasteiger partial charge in [-0.15, -0.1) is 0 Å². The van der Waals surface area contributed by atoms with Crippen molar-refractivity contribution in [3.63, 3.8) is 0 Å². The molecule has 16 heavy (non-hydrogen) atoms. The Balaban J connectivity index is 2.64. The quantitative estimate of drug-likeness (QED) is 0.460. The molecule has 0 aliphatic carbocycles. The van der Waals surface area contributed by atoms with Gasteiger partial charge in [0.15, 0.2) is 0 Å². The SMILES string of the molecule is COc1ccc(/C(C)=N/NCC(N)=S)cc1. The van der Waals surface area contributed by atoms with E-state index in [1.165, 1.54) is 0 Å². The minimum atomic E-state index is 0.395. The molecular formula is C11H15N3OS. The first-order valence-corrected chi connectivity index (χ1v) is 5.24. The van der Waals surface area contributed by atoms with E-state index in [-0.39, 0.29) is 0 Å². The average Bonchev–Trinajstić information content (AvgIpc) is 2.28. The van der Waals surface area contributed by atoms with Gasteiger partial charge in [-0.3, -0.25) is 0 Å². The lowest BCUT2D eigenvalue weighted by molar-refractivity contribution is 0.415. The van der Waals surface area contributed by atoms with Gasteiger partial charge < -0.3 is 15.9 Å². The van der Waals surface area contributed by atoms with E-state index in [0.717, 1.165) is 17.0 Å². The second-order valence-corrected chi connectivity index (χ2v) is 3.75. The number of nitrogens with two attached hydrogens (primary N) is 1. The fourth-order valence-electron chi connectivity index (χ4n) is 1.13. The third-order valence-electron chi connectivity index (χ3n) is 2.01. The molecular weight excluding hydrogens is 222 g/mol. The summed E-state index contributed by atoms with van der Waals surface area (Å²) < 4.78 is 5.07. The van der Waals surface area contributed by atoms with Gasteiger partial charge in [-0.1, -0.05) is 12.2 Å². The Hall–Kier alpha value is -1.62.